The summed E-state index contributed by atoms with van der Waals surface area (Å²) in [6, 6.07) is 21.3. The number of rotatable bonds is 8. The topological polar surface area (TPSA) is 77.2 Å². The molecule has 1 fully saturated rings. The molecule has 0 saturated carbocycles. The zero-order chi connectivity index (χ0) is 35.9. The molecule has 13 heteroatoms. The van der Waals surface area contributed by atoms with Crippen LogP contribution in [0.4, 0.5) is 24.8 Å². The second-order valence-electron chi connectivity index (χ2n) is 12.7. The van der Waals surface area contributed by atoms with E-state index in [-0.39, 0.29) is 44.4 Å². The Bertz CT molecular complexity index is 2260. The second-order valence-corrected chi connectivity index (χ2v) is 13.5. The van der Waals surface area contributed by atoms with Crippen molar-refractivity contribution in [3.8, 4) is 28.1 Å². The predicted octanol–water partition coefficient (Wildman–Crippen LogP) is 9.05. The van der Waals surface area contributed by atoms with Crippen LogP contribution >= 0.6 is 23.2 Å². The third-order valence-electron chi connectivity index (χ3n) is 9.11. The first-order chi connectivity index (χ1) is 24.4. The van der Waals surface area contributed by atoms with Crippen molar-refractivity contribution in [1.82, 2.24) is 24.0 Å². The number of fused-ring (bicyclic) bond motifs is 1. The van der Waals surface area contributed by atoms with E-state index in [0.717, 1.165) is 49.0 Å². The van der Waals surface area contributed by atoms with Crippen LogP contribution in [0.1, 0.15) is 24.0 Å². The lowest BCUT2D eigenvalue weighted by molar-refractivity contribution is -0.138. The summed E-state index contributed by atoms with van der Waals surface area (Å²) >= 11 is 13.6. The first-order valence-electron chi connectivity index (χ1n) is 16.3. The minimum atomic E-state index is -4.64. The quantitative estimate of drug-likeness (QED) is 0.168. The van der Waals surface area contributed by atoms with E-state index in [4.69, 9.17) is 27.9 Å². The number of ether oxygens (including phenoxy) is 1. The minimum Gasteiger partial charge on any atom is -0.490 e. The number of nitrogens with zero attached hydrogens (tertiary/aromatic N) is 5. The first kappa shape index (κ1) is 34.6. The van der Waals surface area contributed by atoms with Gasteiger partial charge in [-0.1, -0.05) is 41.4 Å². The van der Waals surface area contributed by atoms with Crippen molar-refractivity contribution in [2.75, 3.05) is 25.5 Å². The van der Waals surface area contributed by atoms with Gasteiger partial charge in [-0.15, -0.1) is 0 Å². The Labute approximate surface area is 302 Å². The fourth-order valence-electron chi connectivity index (χ4n) is 6.43. The SMILES string of the molecule is CN1CCC(Oc2ccc(Nc3ncc4cc(-c5c(Cl)cc(-c6cccn6C)cc5Cl)c(=O)n(Cc5ccccc5C(F)(F)F)c4n3)cc2)CC1. The number of halogens is 5. The van der Waals surface area contributed by atoms with E-state index in [1.165, 1.54) is 29.0 Å². The summed E-state index contributed by atoms with van der Waals surface area (Å²) in [7, 11) is 3.98. The molecular formula is C38H33Cl2F3N6O2. The van der Waals surface area contributed by atoms with Gasteiger partial charge in [0.1, 0.15) is 17.5 Å². The number of benzene rings is 3. The molecule has 3 aromatic carbocycles. The van der Waals surface area contributed by atoms with E-state index >= 15 is 0 Å². The monoisotopic (exact) mass is 732 g/mol. The molecule has 7 rings (SSSR count). The zero-order valence-corrected chi connectivity index (χ0v) is 29.2. The van der Waals surface area contributed by atoms with Crippen LogP contribution < -0.4 is 15.6 Å². The molecule has 1 aliphatic heterocycles. The van der Waals surface area contributed by atoms with Crippen LogP contribution in [0, 0.1) is 0 Å². The highest BCUT2D eigenvalue weighted by Gasteiger charge is 2.33. The number of hydrogen-bond donors (Lipinski definition) is 1. The number of aryl methyl sites for hydroxylation is 1. The highest BCUT2D eigenvalue weighted by Crippen LogP contribution is 2.39. The van der Waals surface area contributed by atoms with Gasteiger partial charge < -0.3 is 19.5 Å². The van der Waals surface area contributed by atoms with E-state index in [9.17, 15) is 18.0 Å². The average Bonchev–Trinajstić information content (AvgIpc) is 3.53. The standard InChI is InChI=1S/C38H33Cl2F3N6O2/c1-47-16-13-28(14-17-47)51-27-11-9-26(10-12-27)45-37-44-21-25-18-29(34-31(39)19-24(20-32(34)40)33-8-5-15-48(33)2)36(50)49(35(25)46-37)22-23-6-3-4-7-30(23)38(41,42)43/h3-12,15,18-21,28H,13-14,16-17,22H2,1-2H3,(H,44,45,46). The minimum absolute atomic E-state index is 0.102. The van der Waals surface area contributed by atoms with Crippen LogP contribution in [0.15, 0.2) is 96.1 Å². The maximum absolute atomic E-state index is 14.4. The molecule has 0 aliphatic carbocycles. The van der Waals surface area contributed by atoms with Crippen LogP contribution in [0.25, 0.3) is 33.4 Å². The molecule has 1 saturated heterocycles. The second kappa shape index (κ2) is 14.1. The number of piperidine rings is 1. The van der Waals surface area contributed by atoms with Crippen molar-refractivity contribution < 1.29 is 17.9 Å². The van der Waals surface area contributed by atoms with Gasteiger partial charge in [0, 0.05) is 60.4 Å². The summed E-state index contributed by atoms with van der Waals surface area (Å²) in [6.07, 6.45) is 0.815. The molecule has 0 atom stereocenters. The van der Waals surface area contributed by atoms with Crippen LogP contribution in [0.5, 0.6) is 5.75 Å². The van der Waals surface area contributed by atoms with Gasteiger partial charge in [0.2, 0.25) is 5.95 Å². The van der Waals surface area contributed by atoms with Gasteiger partial charge in [-0.25, -0.2) is 4.98 Å². The Kier molecular flexibility index (Phi) is 9.54. The Morgan fingerprint density at radius 1 is 0.941 bits per heavy atom. The number of likely N-dealkylation sites (tertiary alicyclic amines) is 1. The molecule has 6 aromatic rings. The summed E-state index contributed by atoms with van der Waals surface area (Å²) in [5.74, 6) is 0.896. The van der Waals surface area contributed by atoms with Crippen molar-refractivity contribution >= 4 is 45.9 Å². The molecule has 0 bridgehead atoms. The van der Waals surface area contributed by atoms with E-state index in [0.29, 0.717) is 11.1 Å². The molecule has 0 radical (unpaired) electrons. The Hall–Kier alpha value is -4.84. The summed E-state index contributed by atoms with van der Waals surface area (Å²) in [5, 5.41) is 3.96. The number of pyridine rings is 1. The predicted molar refractivity (Wildman–Crippen MR) is 195 cm³/mol. The third kappa shape index (κ3) is 7.33. The van der Waals surface area contributed by atoms with Gasteiger partial charge in [-0.05, 0) is 86.1 Å². The molecule has 1 N–H and O–H groups in total. The van der Waals surface area contributed by atoms with E-state index in [2.05, 4.69) is 27.2 Å². The number of hydrogen-bond acceptors (Lipinski definition) is 6. The maximum atomic E-state index is 14.4. The summed E-state index contributed by atoms with van der Waals surface area (Å²) in [4.78, 5) is 25.8. The molecule has 51 heavy (non-hydrogen) atoms. The van der Waals surface area contributed by atoms with Crippen LogP contribution in [0.3, 0.4) is 0 Å². The molecule has 1 aliphatic rings. The molecule has 0 unspecified atom stereocenters. The molecule has 0 amide bonds. The van der Waals surface area contributed by atoms with Gasteiger partial charge in [0.05, 0.1) is 27.7 Å². The van der Waals surface area contributed by atoms with Crippen molar-refractivity contribution in [1.29, 1.82) is 0 Å². The highest BCUT2D eigenvalue weighted by molar-refractivity contribution is 6.39. The van der Waals surface area contributed by atoms with Crippen molar-refractivity contribution in [2.45, 2.75) is 31.7 Å². The van der Waals surface area contributed by atoms with E-state index in [1.54, 1.807) is 18.2 Å². The van der Waals surface area contributed by atoms with Crippen molar-refractivity contribution in [3.05, 3.63) is 123 Å². The first-order valence-corrected chi connectivity index (χ1v) is 17.1. The molecule has 4 heterocycles. The normalized spacial score (nSPS) is 14.3. The average molecular weight is 734 g/mol. The maximum Gasteiger partial charge on any atom is 0.416 e. The molecule has 262 valence electrons. The number of anilines is 2. The summed E-state index contributed by atoms with van der Waals surface area (Å²) in [6.45, 7) is 1.55. The molecule has 3 aromatic heterocycles. The Morgan fingerprint density at radius 3 is 2.31 bits per heavy atom. The highest BCUT2D eigenvalue weighted by atomic mass is 35.5. The lowest BCUT2D eigenvalue weighted by Crippen LogP contribution is -2.35. The smallest absolute Gasteiger partial charge is 0.416 e. The van der Waals surface area contributed by atoms with Crippen LogP contribution in [-0.4, -0.2) is 50.2 Å². The van der Waals surface area contributed by atoms with Gasteiger partial charge in [-0.3, -0.25) is 9.36 Å². The van der Waals surface area contributed by atoms with E-state index < -0.39 is 23.8 Å². The Balaban J connectivity index is 1.28. The number of nitrogens with one attached hydrogen (secondary N) is 1. The van der Waals surface area contributed by atoms with E-state index in [1.807, 2.05) is 54.2 Å². The Morgan fingerprint density at radius 2 is 1.65 bits per heavy atom. The summed E-state index contributed by atoms with van der Waals surface area (Å²) in [5.41, 5.74) is 1.18. The number of aromatic nitrogens is 4. The zero-order valence-electron chi connectivity index (χ0n) is 27.7. The number of alkyl halides is 3. The van der Waals surface area contributed by atoms with Gasteiger partial charge in [-0.2, -0.15) is 18.2 Å². The van der Waals surface area contributed by atoms with Crippen molar-refractivity contribution in [3.63, 3.8) is 0 Å². The van der Waals surface area contributed by atoms with Gasteiger partial charge in [0.15, 0.2) is 0 Å². The molecular weight excluding hydrogens is 700 g/mol. The van der Waals surface area contributed by atoms with Gasteiger partial charge in [0.25, 0.3) is 5.56 Å². The van der Waals surface area contributed by atoms with Crippen LogP contribution in [0.2, 0.25) is 10.0 Å². The van der Waals surface area contributed by atoms with Gasteiger partial charge >= 0.3 is 6.18 Å². The summed E-state index contributed by atoms with van der Waals surface area (Å²) < 4.78 is 51.6. The fourth-order valence-corrected chi connectivity index (χ4v) is 7.12. The van der Waals surface area contributed by atoms with Crippen molar-refractivity contribution in [2.24, 2.45) is 7.05 Å². The fraction of sp³-hybridized carbons (Fsp3) is 0.237. The molecule has 0 spiro atoms. The lowest BCUT2D eigenvalue weighted by atomic mass is 10.0. The van der Waals surface area contributed by atoms with Crippen LogP contribution in [-0.2, 0) is 19.8 Å². The lowest BCUT2D eigenvalue weighted by Gasteiger charge is -2.29. The molecule has 8 nitrogen and oxygen atoms in total. The third-order valence-corrected chi connectivity index (χ3v) is 9.70. The largest absolute Gasteiger partial charge is 0.490 e.